The van der Waals surface area contributed by atoms with Crippen LogP contribution < -0.4 is 5.32 Å². The Bertz CT molecular complexity index is 1070. The van der Waals surface area contributed by atoms with Crippen molar-refractivity contribution in [2.75, 3.05) is 13.2 Å². The van der Waals surface area contributed by atoms with Crippen LogP contribution in [0.1, 0.15) is 309 Å². The molecule has 0 saturated heterocycles. The minimum atomic E-state index is -0.849. The van der Waals surface area contributed by atoms with Gasteiger partial charge in [-0.1, -0.05) is 256 Å². The van der Waals surface area contributed by atoms with E-state index in [1.54, 1.807) is 6.08 Å². The van der Waals surface area contributed by atoms with E-state index >= 15 is 0 Å². The summed E-state index contributed by atoms with van der Waals surface area (Å²) in [5.41, 5.74) is 0. The van der Waals surface area contributed by atoms with E-state index in [0.29, 0.717) is 19.4 Å². The van der Waals surface area contributed by atoms with Gasteiger partial charge in [-0.2, -0.15) is 0 Å². The molecule has 2 unspecified atom stereocenters. The molecule has 0 heterocycles. The third-order valence-corrected chi connectivity index (χ3v) is 13.4. The van der Waals surface area contributed by atoms with Crippen molar-refractivity contribution < 1.29 is 24.5 Å². The smallest absolute Gasteiger partial charge is 0.305 e. The fourth-order valence-electron chi connectivity index (χ4n) is 8.84. The summed E-state index contributed by atoms with van der Waals surface area (Å²) >= 11 is 0. The molecule has 0 fully saturated rings. The second kappa shape index (κ2) is 55.7. The van der Waals surface area contributed by atoms with Gasteiger partial charge in [-0.3, -0.25) is 9.59 Å². The van der Waals surface area contributed by atoms with E-state index in [4.69, 9.17) is 4.74 Å². The molecular weight excluding hydrogens is 815 g/mol. The number of unbranched alkanes of at least 4 members (excludes halogenated alkanes) is 39. The number of rotatable bonds is 54. The topological polar surface area (TPSA) is 95.9 Å². The average molecular weight is 929 g/mol. The van der Waals surface area contributed by atoms with Crippen molar-refractivity contribution in [3.05, 3.63) is 36.5 Å². The predicted octanol–water partition coefficient (Wildman–Crippen LogP) is 18.0. The summed E-state index contributed by atoms with van der Waals surface area (Å²) < 4.78 is 5.45. The number of ether oxygens (including phenoxy) is 1. The van der Waals surface area contributed by atoms with Gasteiger partial charge in [0.15, 0.2) is 0 Å². The quantitative estimate of drug-likeness (QED) is 0.0321. The number of hydrogen-bond acceptors (Lipinski definition) is 5. The van der Waals surface area contributed by atoms with Gasteiger partial charge in [-0.05, 0) is 77.0 Å². The fraction of sp³-hybridized carbons (Fsp3) is 0.867. The first kappa shape index (κ1) is 64.1. The monoisotopic (exact) mass is 928 g/mol. The van der Waals surface area contributed by atoms with Crippen LogP contribution in [0.15, 0.2) is 36.5 Å². The van der Waals surface area contributed by atoms with Crippen molar-refractivity contribution in [1.82, 2.24) is 5.32 Å². The van der Waals surface area contributed by atoms with Gasteiger partial charge < -0.3 is 20.3 Å². The van der Waals surface area contributed by atoms with Crippen LogP contribution in [0.3, 0.4) is 0 Å². The van der Waals surface area contributed by atoms with E-state index in [1.165, 1.54) is 231 Å². The average Bonchev–Trinajstić information content (AvgIpc) is 3.32. The SMILES string of the molecule is CCCC/C=C\CCCCCCCC(=O)OCCCCCCCCCCCCC/C=C\CCCCCCCCCC(=O)NC(CO)C(O)/C=C/CCCCCCCCCCCCCCCC. The lowest BCUT2D eigenvalue weighted by Crippen LogP contribution is -2.45. The molecular formula is C60H113NO5. The summed E-state index contributed by atoms with van der Waals surface area (Å²) in [4.78, 5) is 24.4. The summed E-state index contributed by atoms with van der Waals surface area (Å²) in [6.07, 6.45) is 68.8. The van der Waals surface area contributed by atoms with Crippen molar-refractivity contribution >= 4 is 11.9 Å². The maximum atomic E-state index is 12.5. The Morgan fingerprint density at radius 3 is 1.12 bits per heavy atom. The number of nitrogens with one attached hydrogen (secondary N) is 1. The van der Waals surface area contributed by atoms with Crippen LogP contribution in [0.25, 0.3) is 0 Å². The number of carbonyl (C=O) groups is 2. The summed E-state index contributed by atoms with van der Waals surface area (Å²) in [6.45, 7) is 4.87. The normalized spacial score (nSPS) is 12.8. The molecule has 1 amide bonds. The Morgan fingerprint density at radius 2 is 0.727 bits per heavy atom. The van der Waals surface area contributed by atoms with Gasteiger partial charge in [-0.15, -0.1) is 0 Å². The van der Waals surface area contributed by atoms with Gasteiger partial charge in [0.05, 0.1) is 25.4 Å². The largest absolute Gasteiger partial charge is 0.466 e. The van der Waals surface area contributed by atoms with Crippen molar-refractivity contribution in [2.45, 2.75) is 321 Å². The molecule has 0 radical (unpaired) electrons. The molecule has 0 aromatic rings. The molecule has 0 rings (SSSR count). The van der Waals surface area contributed by atoms with Crippen LogP contribution in [-0.2, 0) is 14.3 Å². The summed E-state index contributed by atoms with van der Waals surface area (Å²) in [6, 6.07) is -0.633. The Balaban J connectivity index is 3.46. The van der Waals surface area contributed by atoms with Crippen LogP contribution in [0.2, 0.25) is 0 Å². The predicted molar refractivity (Wildman–Crippen MR) is 287 cm³/mol. The molecule has 2 atom stereocenters. The lowest BCUT2D eigenvalue weighted by atomic mass is 10.0. The van der Waals surface area contributed by atoms with Crippen molar-refractivity contribution in [3.8, 4) is 0 Å². The third kappa shape index (κ3) is 51.5. The van der Waals surface area contributed by atoms with Crippen molar-refractivity contribution in [2.24, 2.45) is 0 Å². The van der Waals surface area contributed by atoms with E-state index in [-0.39, 0.29) is 18.5 Å². The zero-order chi connectivity index (χ0) is 47.9. The molecule has 388 valence electrons. The highest BCUT2D eigenvalue weighted by atomic mass is 16.5. The molecule has 66 heavy (non-hydrogen) atoms. The first-order valence-electron chi connectivity index (χ1n) is 29.3. The Hall–Kier alpha value is -1.92. The highest BCUT2D eigenvalue weighted by molar-refractivity contribution is 5.76. The summed E-state index contributed by atoms with van der Waals surface area (Å²) in [5.74, 6) is -0.0762. The summed E-state index contributed by atoms with van der Waals surface area (Å²) in [7, 11) is 0. The molecule has 0 aliphatic carbocycles. The van der Waals surface area contributed by atoms with Gasteiger partial charge in [0.2, 0.25) is 5.91 Å². The molecule has 0 saturated carbocycles. The van der Waals surface area contributed by atoms with Crippen LogP contribution in [0.5, 0.6) is 0 Å². The number of aliphatic hydroxyl groups is 2. The lowest BCUT2D eigenvalue weighted by molar-refractivity contribution is -0.143. The van der Waals surface area contributed by atoms with Crippen LogP contribution in [-0.4, -0.2) is 47.4 Å². The number of carbonyl (C=O) groups excluding carboxylic acids is 2. The van der Waals surface area contributed by atoms with E-state index < -0.39 is 12.1 Å². The molecule has 0 spiro atoms. The Morgan fingerprint density at radius 1 is 0.409 bits per heavy atom. The molecule has 3 N–H and O–H groups in total. The zero-order valence-electron chi connectivity index (χ0n) is 44.2. The Labute approximate surface area is 411 Å². The van der Waals surface area contributed by atoms with Crippen molar-refractivity contribution in [1.29, 1.82) is 0 Å². The van der Waals surface area contributed by atoms with Gasteiger partial charge in [0.1, 0.15) is 0 Å². The molecule has 0 aromatic heterocycles. The van der Waals surface area contributed by atoms with Crippen LogP contribution in [0, 0.1) is 0 Å². The van der Waals surface area contributed by atoms with Gasteiger partial charge in [-0.25, -0.2) is 0 Å². The van der Waals surface area contributed by atoms with E-state index in [1.807, 2.05) is 6.08 Å². The van der Waals surface area contributed by atoms with E-state index in [0.717, 1.165) is 51.4 Å². The van der Waals surface area contributed by atoms with E-state index in [9.17, 15) is 19.8 Å². The van der Waals surface area contributed by atoms with Gasteiger partial charge >= 0.3 is 5.97 Å². The standard InChI is InChI=1S/C60H113NO5/c1-3-5-7-9-11-13-15-16-17-26-29-33-36-40-44-48-52-58(63)57(56-62)61-59(64)53-49-45-41-37-34-30-27-24-22-20-18-19-21-23-25-28-31-35-39-43-47-51-55-66-60(65)54-50-46-42-38-32-14-12-10-8-6-4-2/h10,12,20,22,48,52,57-58,62-63H,3-9,11,13-19,21,23-47,49-51,53-56H2,1-2H3,(H,61,64)/b12-10-,22-20-,52-48+. The molecule has 0 bridgehead atoms. The number of hydrogen-bond donors (Lipinski definition) is 3. The van der Waals surface area contributed by atoms with Crippen LogP contribution >= 0.6 is 0 Å². The fourth-order valence-corrected chi connectivity index (χ4v) is 8.84. The van der Waals surface area contributed by atoms with E-state index in [2.05, 4.69) is 43.5 Å². The van der Waals surface area contributed by atoms with Crippen molar-refractivity contribution in [3.63, 3.8) is 0 Å². The third-order valence-electron chi connectivity index (χ3n) is 13.4. The lowest BCUT2D eigenvalue weighted by Gasteiger charge is -2.20. The zero-order valence-corrected chi connectivity index (χ0v) is 44.2. The van der Waals surface area contributed by atoms with Gasteiger partial charge in [0, 0.05) is 12.8 Å². The first-order valence-corrected chi connectivity index (χ1v) is 29.3. The molecule has 0 aromatic carbocycles. The molecule has 0 aliphatic rings. The second-order valence-corrected chi connectivity index (χ2v) is 20.0. The maximum absolute atomic E-state index is 12.5. The van der Waals surface area contributed by atoms with Gasteiger partial charge in [0.25, 0.3) is 0 Å². The summed E-state index contributed by atoms with van der Waals surface area (Å²) in [5, 5.41) is 23.1. The minimum absolute atomic E-state index is 0.00200. The number of amides is 1. The number of allylic oxidation sites excluding steroid dienone is 5. The number of aliphatic hydroxyl groups excluding tert-OH is 2. The Kier molecular flexibility index (Phi) is 54.1. The highest BCUT2D eigenvalue weighted by Crippen LogP contribution is 2.16. The minimum Gasteiger partial charge on any atom is -0.466 e. The number of esters is 1. The second-order valence-electron chi connectivity index (χ2n) is 20.0. The maximum Gasteiger partial charge on any atom is 0.305 e. The molecule has 0 aliphatic heterocycles. The molecule has 6 nitrogen and oxygen atoms in total. The molecule has 6 heteroatoms. The van der Waals surface area contributed by atoms with Crippen LogP contribution in [0.4, 0.5) is 0 Å². The highest BCUT2D eigenvalue weighted by Gasteiger charge is 2.18. The first-order chi connectivity index (χ1) is 32.5.